The molecule has 1 heterocycles. The van der Waals surface area contributed by atoms with Gasteiger partial charge in [-0.05, 0) is 49.1 Å². The molecular weight excluding hydrogens is 419 g/mol. The molecule has 1 saturated heterocycles. The predicted molar refractivity (Wildman–Crippen MR) is 131 cm³/mol. The van der Waals surface area contributed by atoms with Crippen molar-refractivity contribution in [2.75, 3.05) is 38.2 Å². The molecule has 30 heavy (non-hydrogen) atoms. The second-order valence-corrected chi connectivity index (χ2v) is 8.04. The number of unbranched alkanes of at least 4 members (excludes halogenated alkanes) is 1. The molecule has 2 aromatic carbocycles. The predicted octanol–water partition coefficient (Wildman–Crippen LogP) is 5.17. The van der Waals surface area contributed by atoms with Crippen LogP contribution in [0.3, 0.4) is 0 Å². The number of rotatable bonds is 9. The third-order valence-corrected chi connectivity index (χ3v) is 5.61. The van der Waals surface area contributed by atoms with Gasteiger partial charge in [-0.3, -0.25) is 4.90 Å². The number of likely N-dealkylation sites (N-methyl/N-ethyl adjacent to an activating group) is 1. The molecule has 0 amide bonds. The molecule has 0 atom stereocenters. The fourth-order valence-corrected chi connectivity index (χ4v) is 3.79. The zero-order valence-electron chi connectivity index (χ0n) is 18.1. The van der Waals surface area contributed by atoms with Crippen molar-refractivity contribution < 1.29 is 9.84 Å². The van der Waals surface area contributed by atoms with Crippen LogP contribution in [0.4, 0.5) is 5.69 Å². The zero-order chi connectivity index (χ0) is 19.8. The first-order valence-electron chi connectivity index (χ1n) is 10.5. The number of hydrogen-bond donors (Lipinski definition) is 1. The molecule has 0 aliphatic carbocycles. The first kappa shape index (κ1) is 26.6. The van der Waals surface area contributed by atoms with Gasteiger partial charge in [-0.15, -0.1) is 24.8 Å². The van der Waals surface area contributed by atoms with Crippen LogP contribution < -0.4 is 9.64 Å². The topological polar surface area (TPSA) is 35.9 Å². The Morgan fingerprint density at radius 2 is 1.63 bits per heavy atom. The van der Waals surface area contributed by atoms with Crippen LogP contribution in [-0.2, 0) is 6.54 Å². The second kappa shape index (κ2) is 13.1. The summed E-state index contributed by atoms with van der Waals surface area (Å²) in [5.74, 6) is 0.915. The van der Waals surface area contributed by atoms with Gasteiger partial charge in [-0.1, -0.05) is 43.7 Å². The molecule has 0 aromatic heterocycles. The minimum absolute atomic E-state index is 0. The van der Waals surface area contributed by atoms with Crippen LogP contribution in [0.25, 0.3) is 0 Å². The van der Waals surface area contributed by atoms with E-state index in [9.17, 15) is 5.11 Å². The highest BCUT2D eigenvalue weighted by molar-refractivity contribution is 5.85. The molecule has 3 rings (SSSR count). The van der Waals surface area contributed by atoms with Gasteiger partial charge in [-0.25, -0.2) is 0 Å². The van der Waals surface area contributed by atoms with Gasteiger partial charge in [0.2, 0.25) is 0 Å². The maximum atomic E-state index is 11.1. The molecule has 0 radical (unpaired) electrons. The van der Waals surface area contributed by atoms with Crippen LogP contribution in [0, 0.1) is 0 Å². The van der Waals surface area contributed by atoms with Crippen molar-refractivity contribution in [1.82, 2.24) is 4.90 Å². The lowest BCUT2D eigenvalue weighted by atomic mass is 9.90. The van der Waals surface area contributed by atoms with Crippen LogP contribution >= 0.6 is 24.8 Å². The summed E-state index contributed by atoms with van der Waals surface area (Å²) in [6.45, 7) is 6.42. The monoisotopic (exact) mass is 454 g/mol. The minimum atomic E-state index is -0.627. The van der Waals surface area contributed by atoms with E-state index in [1.807, 2.05) is 12.1 Å². The molecule has 0 unspecified atom stereocenters. The third-order valence-electron chi connectivity index (χ3n) is 5.61. The molecule has 1 aliphatic heterocycles. The van der Waals surface area contributed by atoms with Crippen molar-refractivity contribution in [2.24, 2.45) is 0 Å². The number of benzene rings is 2. The van der Waals surface area contributed by atoms with Crippen LogP contribution in [-0.4, -0.2) is 48.9 Å². The SMILES string of the molecule is CCCCOc1ccc(N(C)CC2(O)CCN(Cc3ccccc3)CC2)cc1.Cl.Cl. The molecule has 0 spiro atoms. The molecule has 0 saturated carbocycles. The van der Waals surface area contributed by atoms with E-state index in [-0.39, 0.29) is 24.8 Å². The first-order chi connectivity index (χ1) is 13.6. The summed E-state index contributed by atoms with van der Waals surface area (Å²) in [4.78, 5) is 4.59. The van der Waals surface area contributed by atoms with Gasteiger partial charge in [0, 0.05) is 38.9 Å². The van der Waals surface area contributed by atoms with E-state index < -0.39 is 5.60 Å². The third kappa shape index (κ3) is 7.99. The van der Waals surface area contributed by atoms with Gasteiger partial charge in [-0.2, -0.15) is 0 Å². The maximum absolute atomic E-state index is 11.1. The number of nitrogens with zero attached hydrogens (tertiary/aromatic N) is 2. The Morgan fingerprint density at radius 1 is 1.00 bits per heavy atom. The summed E-state index contributed by atoms with van der Waals surface area (Å²) in [6.07, 6.45) is 3.84. The summed E-state index contributed by atoms with van der Waals surface area (Å²) in [5, 5.41) is 11.1. The molecule has 1 aliphatic rings. The fraction of sp³-hybridized carbons (Fsp3) is 0.500. The largest absolute Gasteiger partial charge is 0.494 e. The first-order valence-corrected chi connectivity index (χ1v) is 10.5. The van der Waals surface area contributed by atoms with Crippen molar-refractivity contribution in [3.05, 3.63) is 60.2 Å². The van der Waals surface area contributed by atoms with E-state index in [4.69, 9.17) is 4.74 Å². The number of hydrogen-bond acceptors (Lipinski definition) is 4. The molecule has 2 aromatic rings. The minimum Gasteiger partial charge on any atom is -0.494 e. The Balaban J connectivity index is 0.00000225. The van der Waals surface area contributed by atoms with Crippen molar-refractivity contribution in [3.63, 3.8) is 0 Å². The summed E-state index contributed by atoms with van der Waals surface area (Å²) < 4.78 is 5.74. The summed E-state index contributed by atoms with van der Waals surface area (Å²) >= 11 is 0. The van der Waals surface area contributed by atoms with E-state index in [0.717, 1.165) is 63.4 Å². The van der Waals surface area contributed by atoms with E-state index in [2.05, 4.69) is 66.2 Å². The molecule has 1 fully saturated rings. The summed E-state index contributed by atoms with van der Waals surface area (Å²) in [5.41, 5.74) is 1.83. The lowest BCUT2D eigenvalue weighted by Crippen LogP contribution is -2.50. The number of anilines is 1. The van der Waals surface area contributed by atoms with Gasteiger partial charge < -0.3 is 14.7 Å². The van der Waals surface area contributed by atoms with Gasteiger partial charge in [0.1, 0.15) is 5.75 Å². The van der Waals surface area contributed by atoms with Crippen LogP contribution in [0.5, 0.6) is 5.75 Å². The van der Waals surface area contributed by atoms with Crippen LogP contribution in [0.15, 0.2) is 54.6 Å². The number of halogens is 2. The molecule has 1 N–H and O–H groups in total. The highest BCUT2D eigenvalue weighted by Gasteiger charge is 2.33. The van der Waals surface area contributed by atoms with Gasteiger partial charge in [0.05, 0.1) is 12.2 Å². The lowest BCUT2D eigenvalue weighted by Gasteiger charge is -2.40. The smallest absolute Gasteiger partial charge is 0.119 e. The highest BCUT2D eigenvalue weighted by Crippen LogP contribution is 2.27. The van der Waals surface area contributed by atoms with Gasteiger partial charge in [0.15, 0.2) is 0 Å². The van der Waals surface area contributed by atoms with Crippen molar-refractivity contribution in [3.8, 4) is 5.75 Å². The normalized spacial score (nSPS) is 15.6. The summed E-state index contributed by atoms with van der Waals surface area (Å²) in [6, 6.07) is 18.8. The lowest BCUT2D eigenvalue weighted by molar-refractivity contribution is -0.0159. The molecule has 168 valence electrons. The molecular formula is C24H36Cl2N2O2. The zero-order valence-corrected chi connectivity index (χ0v) is 19.8. The Hall–Kier alpha value is -1.46. The quantitative estimate of drug-likeness (QED) is 0.529. The van der Waals surface area contributed by atoms with Crippen molar-refractivity contribution >= 4 is 30.5 Å². The maximum Gasteiger partial charge on any atom is 0.119 e. The number of likely N-dealkylation sites (tertiary alicyclic amines) is 1. The second-order valence-electron chi connectivity index (χ2n) is 8.04. The Morgan fingerprint density at radius 3 is 2.23 bits per heavy atom. The molecule has 4 nitrogen and oxygen atoms in total. The van der Waals surface area contributed by atoms with Crippen molar-refractivity contribution in [2.45, 2.75) is 44.8 Å². The van der Waals surface area contributed by atoms with E-state index in [0.29, 0.717) is 6.54 Å². The molecule has 0 bridgehead atoms. The van der Waals surface area contributed by atoms with Crippen LogP contribution in [0.1, 0.15) is 38.2 Å². The van der Waals surface area contributed by atoms with Gasteiger partial charge >= 0.3 is 0 Å². The standard InChI is InChI=1S/C24H34N2O2.2ClH/c1-3-4-18-28-23-12-10-22(11-13-23)25(2)20-24(27)14-16-26(17-15-24)19-21-8-6-5-7-9-21;;/h5-13,27H,3-4,14-20H2,1-2H3;2*1H. The van der Waals surface area contributed by atoms with Gasteiger partial charge in [0.25, 0.3) is 0 Å². The number of piperidine rings is 1. The Bertz CT molecular complexity index is 705. The fourth-order valence-electron chi connectivity index (χ4n) is 3.79. The Labute approximate surface area is 194 Å². The Kier molecular flexibility index (Phi) is 11.6. The average molecular weight is 455 g/mol. The summed E-state index contributed by atoms with van der Waals surface area (Å²) in [7, 11) is 2.06. The number of aliphatic hydroxyl groups is 1. The molecule has 6 heteroatoms. The van der Waals surface area contributed by atoms with Crippen molar-refractivity contribution in [1.29, 1.82) is 0 Å². The van der Waals surface area contributed by atoms with E-state index in [1.165, 1.54) is 5.56 Å². The van der Waals surface area contributed by atoms with E-state index >= 15 is 0 Å². The highest BCUT2D eigenvalue weighted by atomic mass is 35.5. The van der Waals surface area contributed by atoms with E-state index in [1.54, 1.807) is 0 Å². The number of ether oxygens (including phenoxy) is 1. The van der Waals surface area contributed by atoms with Crippen LogP contribution in [0.2, 0.25) is 0 Å². The average Bonchev–Trinajstić information content (AvgIpc) is 2.71.